The summed E-state index contributed by atoms with van der Waals surface area (Å²) in [4.78, 5) is 0. The molecule has 0 radical (unpaired) electrons. The Bertz CT molecular complexity index is 731. The largest absolute Gasteiger partial charge is 4.00 e. The first-order chi connectivity index (χ1) is 15.7. The van der Waals surface area contributed by atoms with Gasteiger partial charge in [-0.1, -0.05) is 0 Å². The van der Waals surface area contributed by atoms with Gasteiger partial charge in [0.25, 0.3) is 0 Å². The fourth-order valence-corrected chi connectivity index (χ4v) is 6.47. The average molecular weight is 555 g/mol. The van der Waals surface area contributed by atoms with Gasteiger partial charge in [0.15, 0.2) is 0 Å². The zero-order chi connectivity index (χ0) is 24.8. The van der Waals surface area contributed by atoms with E-state index in [1.165, 1.54) is 0 Å². The molecular formula is C29H42N3PZr. The quantitative estimate of drug-likeness (QED) is 0.160. The summed E-state index contributed by atoms with van der Waals surface area (Å²) in [6, 6.07) is 32.3. The molecule has 0 saturated heterocycles. The summed E-state index contributed by atoms with van der Waals surface area (Å²) in [6.45, 7) is 17.6. The molecule has 0 atom stereocenters. The molecule has 3 rings (SSSR count). The van der Waals surface area contributed by atoms with Crippen LogP contribution in [0.1, 0.15) is 61.0 Å². The van der Waals surface area contributed by atoms with Gasteiger partial charge in [0.1, 0.15) is 0 Å². The maximum absolute atomic E-state index is 11.1. The van der Waals surface area contributed by atoms with Crippen molar-refractivity contribution in [3.05, 3.63) is 102 Å². The number of rotatable bonds is 8. The predicted molar refractivity (Wildman–Crippen MR) is 148 cm³/mol. The first kappa shape index (κ1) is 32.8. The van der Waals surface area contributed by atoms with E-state index in [0.717, 1.165) is 5.56 Å². The molecular weight excluding hydrogens is 513 g/mol. The van der Waals surface area contributed by atoms with Crippen molar-refractivity contribution in [2.45, 2.75) is 79.6 Å². The summed E-state index contributed by atoms with van der Waals surface area (Å²) in [7, 11) is -0.975. The molecule has 34 heavy (non-hydrogen) atoms. The average Bonchev–Trinajstić information content (AvgIpc) is 3.51. The molecule has 3 nitrogen and oxygen atoms in total. The Labute approximate surface area is 229 Å². The van der Waals surface area contributed by atoms with Crippen LogP contribution in [-0.2, 0) is 26.2 Å². The zero-order valence-electron chi connectivity index (χ0n) is 22.2. The van der Waals surface area contributed by atoms with E-state index < -0.39 is 8.22 Å². The summed E-state index contributed by atoms with van der Waals surface area (Å²) in [5.74, 6) is 0. The van der Waals surface area contributed by atoms with Gasteiger partial charge in [-0.3, -0.25) is 9.34 Å². The summed E-state index contributed by atoms with van der Waals surface area (Å²) in [5, 5.41) is 11.1. The molecule has 0 unspecified atom stereocenters. The van der Waals surface area contributed by atoms with Crippen LogP contribution in [0.5, 0.6) is 0 Å². The Kier molecular flexibility index (Phi) is 17.5. The van der Waals surface area contributed by atoms with Crippen molar-refractivity contribution < 1.29 is 26.2 Å². The molecule has 3 aromatic rings. The van der Waals surface area contributed by atoms with Crippen molar-refractivity contribution >= 4 is 13.7 Å². The third-order valence-electron chi connectivity index (χ3n) is 4.80. The summed E-state index contributed by atoms with van der Waals surface area (Å²) < 4.78 is 4.87. The van der Waals surface area contributed by atoms with E-state index in [2.05, 4.69) is 70.8 Å². The maximum Gasteiger partial charge on any atom is 4.00 e. The van der Waals surface area contributed by atoms with Crippen LogP contribution in [0.2, 0.25) is 0 Å². The number of hydrogen-bond donors (Lipinski definition) is 0. The van der Waals surface area contributed by atoms with E-state index >= 15 is 0 Å². The van der Waals surface area contributed by atoms with Crippen molar-refractivity contribution in [3.8, 4) is 0 Å². The third kappa shape index (κ3) is 11.5. The fraction of sp³-hybridized carbons (Fsp3) is 0.414. The first-order valence-electron chi connectivity index (χ1n) is 11.9. The van der Waals surface area contributed by atoms with Crippen molar-refractivity contribution in [1.29, 1.82) is 0 Å². The normalized spacial score (nSPS) is 10.9. The molecule has 0 aliphatic rings. The van der Waals surface area contributed by atoms with E-state index in [0.29, 0.717) is 29.6 Å². The van der Waals surface area contributed by atoms with Gasteiger partial charge in [0, 0.05) is 32.4 Å². The molecule has 3 aromatic carbocycles. The standard InChI is InChI=1S/C19H32N3P.2C5H5.Zr/c1-14(2)21(15(3)4)23(22(16(5)6)17(7)8)19(20)18-12-10-9-11-13-18;2*1-2-4-5-3-1;/h9-12,14-17H,1-8H3;2*1-5H;/q-2;2*-1;+4. The van der Waals surface area contributed by atoms with Crippen LogP contribution in [0, 0.1) is 6.07 Å². The molecule has 0 aliphatic carbocycles. The van der Waals surface area contributed by atoms with Gasteiger partial charge in [-0.25, -0.2) is 29.7 Å². The maximum atomic E-state index is 11.1. The Morgan fingerprint density at radius 2 is 1.09 bits per heavy atom. The first-order valence-corrected chi connectivity index (χ1v) is 13.2. The van der Waals surface area contributed by atoms with Gasteiger partial charge in [0.2, 0.25) is 0 Å². The molecule has 0 amide bonds. The number of nitrogens with zero attached hydrogens (tertiary/aromatic N) is 3. The van der Waals surface area contributed by atoms with Crippen LogP contribution >= 0.6 is 8.22 Å². The van der Waals surface area contributed by atoms with E-state index in [4.69, 9.17) is 0 Å². The minimum atomic E-state index is -0.975. The smallest absolute Gasteiger partial charge is 0.853 e. The van der Waals surface area contributed by atoms with E-state index in [-0.39, 0.29) is 26.2 Å². The van der Waals surface area contributed by atoms with Gasteiger partial charge in [-0.2, -0.15) is 42.0 Å². The molecule has 182 valence electrons. The second-order valence-electron chi connectivity index (χ2n) is 8.95. The second kappa shape index (κ2) is 18.1. The molecule has 5 heteroatoms. The minimum absolute atomic E-state index is 0. The molecule has 0 heterocycles. The van der Waals surface area contributed by atoms with Crippen molar-refractivity contribution in [2.75, 3.05) is 0 Å². The van der Waals surface area contributed by atoms with Crippen molar-refractivity contribution in [3.63, 3.8) is 0 Å². The van der Waals surface area contributed by atoms with Crippen LogP contribution in [0.25, 0.3) is 5.41 Å². The summed E-state index contributed by atoms with van der Waals surface area (Å²) >= 11 is 0. The number of benzene rings is 1. The Balaban J connectivity index is 0.000000804. The Hall–Kier alpha value is -1.18. The summed E-state index contributed by atoms with van der Waals surface area (Å²) in [5.41, 5.74) is 1.25. The molecule has 0 saturated carbocycles. The zero-order valence-corrected chi connectivity index (χ0v) is 25.5. The van der Waals surface area contributed by atoms with Gasteiger partial charge in [-0.15, -0.1) is 30.3 Å². The Morgan fingerprint density at radius 1 is 0.706 bits per heavy atom. The van der Waals surface area contributed by atoms with Gasteiger partial charge < -0.3 is 5.41 Å². The second-order valence-corrected chi connectivity index (χ2v) is 10.9. The summed E-state index contributed by atoms with van der Waals surface area (Å²) in [6.07, 6.45) is 0. The van der Waals surface area contributed by atoms with E-state index in [1.807, 2.05) is 84.9 Å². The topological polar surface area (TPSA) is 28.8 Å². The van der Waals surface area contributed by atoms with Gasteiger partial charge in [-0.05, 0) is 55.4 Å². The SMILES string of the molecule is CC(C)N(C(C)C)P(C(=[N-])c1[c-]cccc1)N(C(C)C)C(C)C.[Zr+4].c1cc[cH-]c1.c1cc[cH-]c1. The molecule has 0 aliphatic heterocycles. The third-order valence-corrected chi connectivity index (χ3v) is 8.15. The predicted octanol–water partition coefficient (Wildman–Crippen LogP) is 8.16. The van der Waals surface area contributed by atoms with Crippen molar-refractivity contribution in [1.82, 2.24) is 9.34 Å². The van der Waals surface area contributed by atoms with E-state index in [1.54, 1.807) is 0 Å². The molecule has 0 fully saturated rings. The van der Waals surface area contributed by atoms with Crippen LogP contribution < -0.4 is 0 Å². The van der Waals surface area contributed by atoms with Crippen LogP contribution in [-0.4, -0.2) is 39.0 Å². The molecule has 0 spiro atoms. The van der Waals surface area contributed by atoms with Crippen molar-refractivity contribution in [2.24, 2.45) is 0 Å². The Morgan fingerprint density at radius 3 is 1.32 bits per heavy atom. The van der Waals surface area contributed by atoms with E-state index in [9.17, 15) is 5.41 Å². The molecule has 0 aromatic heterocycles. The van der Waals surface area contributed by atoms with Crippen LogP contribution in [0.15, 0.2) is 84.9 Å². The minimum Gasteiger partial charge on any atom is -0.853 e. The monoisotopic (exact) mass is 553 g/mol. The van der Waals surface area contributed by atoms with Crippen LogP contribution in [0.3, 0.4) is 0 Å². The fourth-order valence-electron chi connectivity index (χ4n) is 3.69. The number of hydrogen-bond acceptors (Lipinski definition) is 2. The molecule has 0 N–H and O–H groups in total. The van der Waals surface area contributed by atoms with Crippen LogP contribution in [0.4, 0.5) is 0 Å². The van der Waals surface area contributed by atoms with Gasteiger partial charge >= 0.3 is 26.2 Å². The van der Waals surface area contributed by atoms with Gasteiger partial charge in [0.05, 0.1) is 0 Å². The molecule has 0 bridgehead atoms.